The topological polar surface area (TPSA) is 75.7 Å². The van der Waals surface area contributed by atoms with Crippen molar-refractivity contribution in [3.8, 4) is 0 Å². The van der Waals surface area contributed by atoms with Gasteiger partial charge >= 0.3 is 0 Å². The molecular weight excluding hydrogens is 432 g/mol. The second kappa shape index (κ2) is 9.81. The Morgan fingerprint density at radius 2 is 1.97 bits per heavy atom. The van der Waals surface area contributed by atoms with Crippen LogP contribution in [0.1, 0.15) is 53.4 Å². The van der Waals surface area contributed by atoms with E-state index in [4.69, 9.17) is 4.74 Å². The quantitative estimate of drug-likeness (QED) is 0.635. The number of carbonyl (C=O) groups is 1. The van der Waals surface area contributed by atoms with Gasteiger partial charge in [0.2, 0.25) is 10.0 Å². The fourth-order valence-corrected chi connectivity index (χ4v) is 7.20. The monoisotopic (exact) mass is 462 g/mol. The summed E-state index contributed by atoms with van der Waals surface area (Å²) in [5.74, 6) is 0.194. The lowest BCUT2D eigenvalue weighted by Gasteiger charge is -2.28. The normalized spacial score (nSPS) is 22.1. The molecule has 2 aromatic rings. The van der Waals surface area contributed by atoms with Crippen LogP contribution in [0.15, 0.2) is 40.6 Å². The fraction of sp³-hybridized carbons (Fsp3) is 0.522. The van der Waals surface area contributed by atoms with E-state index in [1.54, 1.807) is 5.38 Å². The van der Waals surface area contributed by atoms with E-state index in [-0.39, 0.29) is 21.8 Å². The summed E-state index contributed by atoms with van der Waals surface area (Å²) in [6.45, 7) is 3.78. The molecule has 1 aliphatic carbocycles. The van der Waals surface area contributed by atoms with Crippen LogP contribution in [0, 0.1) is 5.92 Å². The number of benzene rings is 1. The van der Waals surface area contributed by atoms with E-state index in [0.717, 1.165) is 23.3 Å². The van der Waals surface area contributed by atoms with Gasteiger partial charge in [0.05, 0.1) is 12.7 Å². The van der Waals surface area contributed by atoms with E-state index >= 15 is 0 Å². The van der Waals surface area contributed by atoms with Crippen LogP contribution in [0.2, 0.25) is 0 Å². The Morgan fingerprint density at radius 1 is 1.19 bits per heavy atom. The highest BCUT2D eigenvalue weighted by atomic mass is 32.2. The van der Waals surface area contributed by atoms with E-state index in [1.807, 2.05) is 24.3 Å². The minimum Gasteiger partial charge on any atom is -0.376 e. The van der Waals surface area contributed by atoms with Crippen molar-refractivity contribution in [2.45, 2.75) is 56.6 Å². The third kappa shape index (κ3) is 5.03. The largest absolute Gasteiger partial charge is 0.376 e. The van der Waals surface area contributed by atoms with Crippen molar-refractivity contribution >= 4 is 27.3 Å². The van der Waals surface area contributed by atoms with Gasteiger partial charge in [0.15, 0.2) is 0 Å². The average Bonchev–Trinajstić information content (AvgIpc) is 3.28. The van der Waals surface area contributed by atoms with Crippen molar-refractivity contribution < 1.29 is 17.9 Å². The maximum atomic E-state index is 13.3. The van der Waals surface area contributed by atoms with Crippen molar-refractivity contribution in [3.05, 3.63) is 51.7 Å². The number of nitrogens with zero attached hydrogens (tertiary/aromatic N) is 1. The van der Waals surface area contributed by atoms with Gasteiger partial charge in [-0.2, -0.15) is 4.31 Å². The number of amides is 1. The summed E-state index contributed by atoms with van der Waals surface area (Å²) < 4.78 is 34.0. The van der Waals surface area contributed by atoms with Crippen LogP contribution in [0.25, 0.3) is 0 Å². The van der Waals surface area contributed by atoms with Gasteiger partial charge in [-0.1, -0.05) is 44.0 Å². The molecule has 0 spiro atoms. The molecule has 1 aliphatic heterocycles. The zero-order valence-corrected chi connectivity index (χ0v) is 19.5. The first-order valence-corrected chi connectivity index (χ1v) is 13.3. The van der Waals surface area contributed by atoms with E-state index in [9.17, 15) is 13.2 Å². The lowest BCUT2D eigenvalue weighted by Crippen LogP contribution is -2.37. The van der Waals surface area contributed by atoms with Crippen LogP contribution in [0.3, 0.4) is 0 Å². The summed E-state index contributed by atoms with van der Waals surface area (Å²) in [6, 6.07) is 9.44. The number of ether oxygens (including phenoxy) is 1. The summed E-state index contributed by atoms with van der Waals surface area (Å²) in [5, 5.41) is 4.50. The highest BCUT2D eigenvalue weighted by Crippen LogP contribution is 2.29. The van der Waals surface area contributed by atoms with Gasteiger partial charge < -0.3 is 10.1 Å². The van der Waals surface area contributed by atoms with Crippen LogP contribution >= 0.6 is 11.3 Å². The summed E-state index contributed by atoms with van der Waals surface area (Å²) in [5.41, 5.74) is 2.21. The summed E-state index contributed by atoms with van der Waals surface area (Å²) >= 11 is 1.16. The molecule has 1 amide bonds. The number of fused-ring (bicyclic) bond motifs is 1. The van der Waals surface area contributed by atoms with E-state index in [2.05, 4.69) is 12.2 Å². The molecule has 4 rings (SSSR count). The molecule has 0 bridgehead atoms. The molecule has 0 saturated heterocycles. The van der Waals surface area contributed by atoms with Crippen LogP contribution in [0.4, 0.5) is 0 Å². The minimum atomic E-state index is -3.74. The Balaban J connectivity index is 1.37. The summed E-state index contributed by atoms with van der Waals surface area (Å²) in [6.07, 6.45) is 5.65. The molecule has 2 unspecified atom stereocenters. The number of carbonyl (C=O) groups excluding carboxylic acids is 1. The molecule has 1 fully saturated rings. The maximum absolute atomic E-state index is 13.3. The molecule has 1 saturated carbocycles. The number of hydrogen-bond acceptors (Lipinski definition) is 5. The van der Waals surface area contributed by atoms with Gasteiger partial charge in [-0.15, -0.1) is 11.3 Å². The van der Waals surface area contributed by atoms with Gasteiger partial charge in [0, 0.05) is 19.6 Å². The first-order chi connectivity index (χ1) is 15.0. The first kappa shape index (κ1) is 22.5. The third-order valence-corrected chi connectivity index (χ3v) is 9.23. The number of sulfonamides is 1. The van der Waals surface area contributed by atoms with Gasteiger partial charge in [-0.3, -0.25) is 4.79 Å². The van der Waals surface area contributed by atoms with Gasteiger partial charge in [-0.05, 0) is 47.8 Å². The highest BCUT2D eigenvalue weighted by molar-refractivity contribution is 7.89. The molecule has 0 radical (unpaired) electrons. The second-order valence-electron chi connectivity index (χ2n) is 8.40. The van der Waals surface area contributed by atoms with Crippen molar-refractivity contribution in [3.63, 3.8) is 0 Å². The molecule has 168 valence electrons. The standard InChI is InChI=1S/C23H30N2O4S2/c1-17-6-2-5-9-20(17)29-14-12-24-23(26)22-21(11-15-30-22)31(27,28)25-13-10-18-7-3-4-8-19(18)16-25/h3-4,7-8,11,15,17,20H,2,5-6,9-10,12-14,16H2,1H3,(H,24,26). The number of nitrogens with one attached hydrogen (secondary N) is 1. The lowest BCUT2D eigenvalue weighted by molar-refractivity contribution is -0.00293. The number of thiophene rings is 1. The molecule has 2 heterocycles. The zero-order valence-electron chi connectivity index (χ0n) is 17.9. The molecule has 1 N–H and O–H groups in total. The first-order valence-electron chi connectivity index (χ1n) is 11.0. The van der Waals surface area contributed by atoms with E-state index < -0.39 is 10.0 Å². The van der Waals surface area contributed by atoms with Crippen molar-refractivity contribution in [2.24, 2.45) is 5.92 Å². The van der Waals surface area contributed by atoms with Crippen LogP contribution in [-0.4, -0.2) is 44.4 Å². The average molecular weight is 463 g/mol. The van der Waals surface area contributed by atoms with Crippen LogP contribution in [0.5, 0.6) is 0 Å². The van der Waals surface area contributed by atoms with Crippen molar-refractivity contribution in [2.75, 3.05) is 19.7 Å². The molecule has 1 aromatic heterocycles. The van der Waals surface area contributed by atoms with E-state index in [1.165, 1.54) is 35.2 Å². The van der Waals surface area contributed by atoms with Crippen LogP contribution in [-0.2, 0) is 27.7 Å². The summed E-state index contributed by atoms with van der Waals surface area (Å²) in [7, 11) is -3.74. The van der Waals surface area contributed by atoms with E-state index in [0.29, 0.717) is 38.6 Å². The molecule has 31 heavy (non-hydrogen) atoms. The third-order valence-electron chi connectivity index (χ3n) is 6.30. The predicted octanol–water partition coefficient (Wildman–Crippen LogP) is 3.82. The molecular formula is C23H30N2O4S2. The van der Waals surface area contributed by atoms with Crippen LogP contribution < -0.4 is 5.32 Å². The Labute approximate surface area is 188 Å². The Kier molecular flexibility index (Phi) is 7.11. The molecule has 8 heteroatoms. The van der Waals surface area contributed by atoms with Crippen molar-refractivity contribution in [1.82, 2.24) is 9.62 Å². The Morgan fingerprint density at radius 3 is 2.77 bits per heavy atom. The highest BCUT2D eigenvalue weighted by Gasteiger charge is 2.32. The molecule has 2 aliphatic rings. The number of rotatable bonds is 7. The zero-order chi connectivity index (χ0) is 21.8. The Bertz CT molecular complexity index is 1020. The SMILES string of the molecule is CC1CCCCC1OCCNC(=O)c1sccc1S(=O)(=O)N1CCc2ccccc2C1. The predicted molar refractivity (Wildman–Crippen MR) is 122 cm³/mol. The maximum Gasteiger partial charge on any atom is 0.262 e. The minimum absolute atomic E-state index is 0.0937. The molecule has 1 aromatic carbocycles. The second-order valence-corrected chi connectivity index (χ2v) is 11.2. The van der Waals surface area contributed by atoms with Gasteiger partial charge in [0.25, 0.3) is 5.91 Å². The number of hydrogen-bond donors (Lipinski definition) is 1. The van der Waals surface area contributed by atoms with Gasteiger partial charge in [-0.25, -0.2) is 8.42 Å². The van der Waals surface area contributed by atoms with Crippen molar-refractivity contribution in [1.29, 1.82) is 0 Å². The molecule has 2 atom stereocenters. The summed E-state index contributed by atoms with van der Waals surface area (Å²) in [4.78, 5) is 13.1. The van der Waals surface area contributed by atoms with Gasteiger partial charge in [0.1, 0.15) is 9.77 Å². The molecule has 6 nitrogen and oxygen atoms in total. The lowest BCUT2D eigenvalue weighted by atomic mass is 9.88. The Hall–Kier alpha value is -1.74. The smallest absolute Gasteiger partial charge is 0.262 e. The fourth-order valence-electron chi connectivity index (χ4n) is 4.47.